The number of fused-ring (bicyclic) bond motifs is 1. The molecule has 0 radical (unpaired) electrons. The minimum Gasteiger partial charge on any atom is -0.272 e. The monoisotopic (exact) mass is 403 g/mol. The van der Waals surface area contributed by atoms with Crippen LogP contribution in [0.3, 0.4) is 0 Å². The second-order valence-corrected chi connectivity index (χ2v) is 7.99. The van der Waals surface area contributed by atoms with Crippen molar-refractivity contribution < 1.29 is 19.2 Å². The van der Waals surface area contributed by atoms with E-state index in [4.69, 9.17) is 0 Å². The van der Waals surface area contributed by atoms with E-state index in [2.05, 4.69) is 0 Å². The maximum atomic E-state index is 13.4. The lowest BCUT2D eigenvalue weighted by molar-refractivity contribution is -0.159. The van der Waals surface area contributed by atoms with E-state index in [1.165, 1.54) is 10.0 Å². The zero-order valence-corrected chi connectivity index (χ0v) is 16.4. The van der Waals surface area contributed by atoms with Gasteiger partial charge in [-0.1, -0.05) is 42.5 Å². The topological polar surface area (TPSA) is 78.0 Å². The number of imide groups is 1. The molecule has 2 fully saturated rings. The smallest absolute Gasteiger partial charge is 0.262 e. The Bertz CT molecular complexity index is 1030. The molecule has 0 N–H and O–H groups in total. The average molecular weight is 403 g/mol. The highest BCUT2D eigenvalue weighted by molar-refractivity contribution is 6.22. The number of hydrazine groups is 1. The predicted molar refractivity (Wildman–Crippen MR) is 107 cm³/mol. The van der Waals surface area contributed by atoms with Gasteiger partial charge in [0.05, 0.1) is 16.5 Å². The van der Waals surface area contributed by atoms with Crippen molar-refractivity contribution in [2.75, 3.05) is 19.6 Å². The molecule has 5 rings (SSSR count). The van der Waals surface area contributed by atoms with E-state index in [0.717, 1.165) is 23.3 Å². The lowest BCUT2D eigenvalue weighted by Crippen LogP contribution is -2.52. The Labute approximate surface area is 173 Å². The van der Waals surface area contributed by atoms with Gasteiger partial charge < -0.3 is 0 Å². The summed E-state index contributed by atoms with van der Waals surface area (Å²) >= 11 is 0. The highest BCUT2D eigenvalue weighted by Crippen LogP contribution is 2.50. The first-order valence-corrected chi connectivity index (χ1v) is 10.2. The van der Waals surface area contributed by atoms with E-state index >= 15 is 0 Å². The first-order valence-electron chi connectivity index (χ1n) is 10.2. The molecule has 3 aliphatic rings. The van der Waals surface area contributed by atoms with Gasteiger partial charge in [0.1, 0.15) is 6.54 Å². The Morgan fingerprint density at radius 2 is 1.37 bits per heavy atom. The van der Waals surface area contributed by atoms with Crippen molar-refractivity contribution >= 4 is 23.6 Å². The summed E-state index contributed by atoms with van der Waals surface area (Å²) in [5, 5.41) is 2.93. The van der Waals surface area contributed by atoms with Gasteiger partial charge in [-0.3, -0.25) is 29.1 Å². The molecule has 1 aliphatic carbocycles. The third kappa shape index (κ3) is 2.73. The van der Waals surface area contributed by atoms with E-state index in [1.54, 1.807) is 24.3 Å². The third-order valence-corrected chi connectivity index (χ3v) is 6.21. The number of hydrogen-bond donors (Lipinski definition) is 0. The van der Waals surface area contributed by atoms with Crippen LogP contribution in [0.15, 0.2) is 54.6 Å². The summed E-state index contributed by atoms with van der Waals surface area (Å²) in [5.74, 6) is -1.44. The fourth-order valence-corrected chi connectivity index (χ4v) is 4.44. The third-order valence-electron chi connectivity index (χ3n) is 6.21. The molecule has 152 valence electrons. The molecular weight excluding hydrogens is 382 g/mol. The molecule has 2 aliphatic heterocycles. The van der Waals surface area contributed by atoms with Gasteiger partial charge in [0.25, 0.3) is 23.6 Å². The zero-order chi connectivity index (χ0) is 20.9. The van der Waals surface area contributed by atoms with E-state index in [9.17, 15) is 19.2 Å². The summed E-state index contributed by atoms with van der Waals surface area (Å²) in [6.07, 6.45) is 2.18. The first-order chi connectivity index (χ1) is 14.5. The Morgan fingerprint density at radius 3 is 1.97 bits per heavy atom. The molecule has 30 heavy (non-hydrogen) atoms. The van der Waals surface area contributed by atoms with E-state index in [0.29, 0.717) is 30.6 Å². The molecular formula is C23H21N3O4. The van der Waals surface area contributed by atoms with Crippen LogP contribution in [0.25, 0.3) is 0 Å². The van der Waals surface area contributed by atoms with Crippen LogP contribution in [0.2, 0.25) is 0 Å². The van der Waals surface area contributed by atoms with Gasteiger partial charge in [0, 0.05) is 13.1 Å². The lowest BCUT2D eigenvalue weighted by Gasteiger charge is -2.32. The maximum Gasteiger partial charge on any atom is 0.262 e. The van der Waals surface area contributed by atoms with Crippen LogP contribution in [0.1, 0.15) is 45.5 Å². The highest BCUT2D eigenvalue weighted by atomic mass is 16.2. The normalized spacial score (nSPS) is 19.3. The quantitative estimate of drug-likeness (QED) is 0.732. The van der Waals surface area contributed by atoms with Crippen LogP contribution in [0.5, 0.6) is 0 Å². The predicted octanol–water partition coefficient (Wildman–Crippen LogP) is 1.99. The largest absolute Gasteiger partial charge is 0.272 e. The van der Waals surface area contributed by atoms with Gasteiger partial charge in [-0.15, -0.1) is 0 Å². The summed E-state index contributed by atoms with van der Waals surface area (Å²) < 4.78 is 0. The van der Waals surface area contributed by atoms with Crippen LogP contribution in [-0.2, 0) is 15.0 Å². The van der Waals surface area contributed by atoms with Crippen molar-refractivity contribution in [3.8, 4) is 0 Å². The van der Waals surface area contributed by atoms with E-state index in [-0.39, 0.29) is 12.5 Å². The van der Waals surface area contributed by atoms with Crippen molar-refractivity contribution in [2.24, 2.45) is 0 Å². The molecule has 0 unspecified atom stereocenters. The molecule has 0 spiro atoms. The van der Waals surface area contributed by atoms with Gasteiger partial charge in [0.2, 0.25) is 0 Å². The van der Waals surface area contributed by atoms with Crippen molar-refractivity contribution in [3.63, 3.8) is 0 Å². The van der Waals surface area contributed by atoms with Gasteiger partial charge in [-0.05, 0) is 37.0 Å². The van der Waals surface area contributed by atoms with Crippen LogP contribution < -0.4 is 0 Å². The molecule has 0 bridgehead atoms. The molecule has 0 aromatic heterocycles. The van der Waals surface area contributed by atoms with Gasteiger partial charge in [-0.2, -0.15) is 0 Å². The van der Waals surface area contributed by atoms with Crippen LogP contribution in [0, 0.1) is 0 Å². The first kappa shape index (κ1) is 18.5. The molecule has 0 atom stereocenters. The second kappa shape index (κ2) is 6.79. The number of rotatable bonds is 4. The zero-order valence-electron chi connectivity index (χ0n) is 16.4. The summed E-state index contributed by atoms with van der Waals surface area (Å²) in [6.45, 7) is 0.494. The average Bonchev–Trinajstić information content (AvgIpc) is 3.39. The Balaban J connectivity index is 1.34. The van der Waals surface area contributed by atoms with Crippen molar-refractivity contribution in [1.29, 1.82) is 0 Å². The van der Waals surface area contributed by atoms with Crippen LogP contribution >= 0.6 is 0 Å². The van der Waals surface area contributed by atoms with Crippen molar-refractivity contribution in [2.45, 2.75) is 24.7 Å². The molecule has 7 heteroatoms. The van der Waals surface area contributed by atoms with Crippen molar-refractivity contribution in [3.05, 3.63) is 71.3 Å². The van der Waals surface area contributed by atoms with Crippen molar-refractivity contribution in [1.82, 2.24) is 14.9 Å². The molecule has 7 nitrogen and oxygen atoms in total. The number of carbonyl (C=O) groups is 4. The van der Waals surface area contributed by atoms with E-state index in [1.807, 2.05) is 30.3 Å². The molecule has 1 saturated heterocycles. The number of hydrogen-bond acceptors (Lipinski definition) is 4. The number of amides is 4. The van der Waals surface area contributed by atoms with Gasteiger partial charge >= 0.3 is 0 Å². The second-order valence-electron chi connectivity index (χ2n) is 7.99. The van der Waals surface area contributed by atoms with Crippen LogP contribution in [0.4, 0.5) is 0 Å². The minimum atomic E-state index is -0.570. The molecule has 4 amide bonds. The standard InChI is InChI=1S/C23H21N3O4/c27-19(15-24-20(28)17-9-4-5-10-18(17)21(24)29)25-13-6-14-26(25)22(30)23(11-12-23)16-7-2-1-3-8-16/h1-5,7-10H,6,11-15H2. The number of carbonyl (C=O) groups excluding carboxylic acids is 4. The van der Waals surface area contributed by atoms with Gasteiger partial charge in [-0.25, -0.2) is 5.01 Å². The van der Waals surface area contributed by atoms with Crippen LogP contribution in [-0.4, -0.2) is 58.2 Å². The number of benzene rings is 2. The maximum absolute atomic E-state index is 13.4. The minimum absolute atomic E-state index is 0.0816. The summed E-state index contributed by atoms with van der Waals surface area (Å²) in [7, 11) is 0. The SMILES string of the molecule is O=C1c2ccccc2C(=O)N1CC(=O)N1CCCN1C(=O)C1(c2ccccc2)CC1. The molecule has 2 aromatic rings. The summed E-state index contributed by atoms with van der Waals surface area (Å²) in [4.78, 5) is 52.5. The highest BCUT2D eigenvalue weighted by Gasteiger charge is 2.55. The Hall–Kier alpha value is -3.48. The number of nitrogens with zero attached hydrogens (tertiary/aromatic N) is 3. The fraction of sp³-hybridized carbons (Fsp3) is 0.304. The molecule has 2 heterocycles. The summed E-state index contributed by atoms with van der Waals surface area (Å²) in [6, 6.07) is 16.2. The Kier molecular flexibility index (Phi) is 4.20. The Morgan fingerprint density at radius 1 is 0.800 bits per heavy atom. The lowest BCUT2D eigenvalue weighted by atomic mass is 9.95. The molecule has 2 aromatic carbocycles. The summed E-state index contributed by atoms with van der Waals surface area (Å²) in [5.41, 5.74) is 1.02. The van der Waals surface area contributed by atoms with E-state index < -0.39 is 23.1 Å². The van der Waals surface area contributed by atoms with Gasteiger partial charge in [0.15, 0.2) is 0 Å². The fourth-order valence-electron chi connectivity index (χ4n) is 4.44. The molecule has 1 saturated carbocycles.